The minimum atomic E-state index is 0.247. The zero-order chi connectivity index (χ0) is 12.6. The Kier molecular flexibility index (Phi) is 3.35. The van der Waals surface area contributed by atoms with Gasteiger partial charge >= 0.3 is 0 Å². The van der Waals surface area contributed by atoms with Crippen molar-refractivity contribution in [3.8, 4) is 0 Å². The van der Waals surface area contributed by atoms with Gasteiger partial charge in [0.25, 0.3) is 0 Å². The maximum absolute atomic E-state index is 12.0. The topological polar surface area (TPSA) is 49.3 Å². The Morgan fingerprint density at radius 1 is 1.28 bits per heavy atom. The van der Waals surface area contributed by atoms with Crippen LogP contribution in [0.2, 0.25) is 0 Å². The number of carbonyl (C=O) groups is 1. The Bertz CT molecular complexity index is 324. The number of hydrogen-bond acceptors (Lipinski definition) is 2. The summed E-state index contributed by atoms with van der Waals surface area (Å²) >= 11 is 0. The third kappa shape index (κ3) is 2.56. The summed E-state index contributed by atoms with van der Waals surface area (Å²) in [6.07, 6.45) is 9.37. The molecule has 0 heterocycles. The van der Waals surface area contributed by atoms with Crippen LogP contribution in [-0.2, 0) is 4.79 Å². The fourth-order valence-corrected chi connectivity index (χ4v) is 4.15. The molecule has 3 aliphatic carbocycles. The van der Waals surface area contributed by atoms with E-state index in [1.807, 2.05) is 0 Å². The Morgan fingerprint density at radius 2 is 2.11 bits per heavy atom. The lowest BCUT2D eigenvalue weighted by Crippen LogP contribution is -2.32. The maximum Gasteiger partial charge on any atom is 0.220 e. The van der Waals surface area contributed by atoms with E-state index in [1.54, 1.807) is 0 Å². The van der Waals surface area contributed by atoms with Crippen LogP contribution in [0.3, 0.4) is 0 Å². The highest BCUT2D eigenvalue weighted by molar-refractivity contribution is 5.76. The van der Waals surface area contributed by atoms with E-state index in [1.165, 1.54) is 38.5 Å². The molecule has 3 saturated carbocycles. The Labute approximate surface area is 109 Å². The number of carbonyl (C=O) groups excluding carboxylic acids is 1. The molecule has 3 atom stereocenters. The first-order valence-corrected chi connectivity index (χ1v) is 7.58. The summed E-state index contributed by atoms with van der Waals surface area (Å²) in [5.74, 6) is 2.68. The summed E-state index contributed by atoms with van der Waals surface area (Å²) in [4.78, 5) is 12.0. The van der Waals surface area contributed by atoms with E-state index in [0.717, 1.165) is 31.2 Å². The summed E-state index contributed by atoms with van der Waals surface area (Å²) in [6, 6.07) is 0. The molecule has 1 amide bonds. The van der Waals surface area contributed by atoms with Crippen LogP contribution in [-0.4, -0.2) is 24.2 Å². The van der Waals surface area contributed by atoms with Gasteiger partial charge in [-0.05, 0) is 61.7 Å². The number of fused-ring (bicyclic) bond motifs is 2. The molecule has 102 valence electrons. The predicted octanol–water partition coefficient (Wildman–Crippen LogP) is 2.09. The number of rotatable bonds is 6. The molecule has 0 aromatic heterocycles. The highest BCUT2D eigenvalue weighted by atomic mass is 16.3. The standard InChI is InChI=1S/C15H25NO2/c17-6-5-15(3-4-15)10-16-14(18)9-13-8-11-1-2-12(13)7-11/h11-13,17H,1-10H2,(H,16,18). The largest absolute Gasteiger partial charge is 0.396 e. The predicted molar refractivity (Wildman–Crippen MR) is 69.9 cm³/mol. The molecule has 0 aliphatic heterocycles. The van der Waals surface area contributed by atoms with Gasteiger partial charge in [0, 0.05) is 19.6 Å². The summed E-state index contributed by atoms with van der Waals surface area (Å²) in [7, 11) is 0. The van der Waals surface area contributed by atoms with Crippen molar-refractivity contribution in [3.63, 3.8) is 0 Å². The third-order valence-electron chi connectivity index (χ3n) is 5.59. The molecule has 3 unspecified atom stereocenters. The van der Waals surface area contributed by atoms with Crippen molar-refractivity contribution in [1.82, 2.24) is 5.32 Å². The molecule has 2 bridgehead atoms. The van der Waals surface area contributed by atoms with E-state index in [2.05, 4.69) is 5.32 Å². The minimum Gasteiger partial charge on any atom is -0.396 e. The molecule has 0 aromatic rings. The van der Waals surface area contributed by atoms with Crippen LogP contribution in [0.1, 0.15) is 51.4 Å². The second kappa shape index (κ2) is 4.84. The molecule has 0 radical (unpaired) electrons. The smallest absolute Gasteiger partial charge is 0.220 e. The molecule has 3 heteroatoms. The van der Waals surface area contributed by atoms with Crippen LogP contribution >= 0.6 is 0 Å². The lowest BCUT2D eigenvalue weighted by molar-refractivity contribution is -0.122. The Balaban J connectivity index is 1.40. The fraction of sp³-hybridized carbons (Fsp3) is 0.933. The van der Waals surface area contributed by atoms with Crippen LogP contribution in [0.4, 0.5) is 0 Å². The van der Waals surface area contributed by atoms with Crippen molar-refractivity contribution in [1.29, 1.82) is 0 Å². The molecule has 18 heavy (non-hydrogen) atoms. The van der Waals surface area contributed by atoms with Gasteiger partial charge in [0.15, 0.2) is 0 Å². The van der Waals surface area contributed by atoms with Gasteiger partial charge in [-0.1, -0.05) is 6.42 Å². The summed E-state index contributed by atoms with van der Waals surface area (Å²) in [6.45, 7) is 1.04. The maximum atomic E-state index is 12.0. The van der Waals surface area contributed by atoms with E-state index in [9.17, 15) is 4.79 Å². The van der Waals surface area contributed by atoms with Gasteiger partial charge in [0.05, 0.1) is 0 Å². The number of aliphatic hydroxyl groups excluding tert-OH is 1. The highest BCUT2D eigenvalue weighted by Crippen LogP contribution is 2.50. The first kappa shape index (κ1) is 12.5. The molecule has 0 saturated heterocycles. The van der Waals surface area contributed by atoms with Crippen molar-refractivity contribution in [2.75, 3.05) is 13.2 Å². The molecule has 0 spiro atoms. The van der Waals surface area contributed by atoms with Gasteiger partial charge < -0.3 is 10.4 Å². The van der Waals surface area contributed by atoms with Crippen molar-refractivity contribution in [2.45, 2.75) is 51.4 Å². The first-order chi connectivity index (χ1) is 8.71. The number of hydrogen-bond donors (Lipinski definition) is 2. The van der Waals surface area contributed by atoms with Gasteiger partial charge in [-0.25, -0.2) is 0 Å². The number of aliphatic hydroxyl groups is 1. The van der Waals surface area contributed by atoms with Gasteiger partial charge in [-0.3, -0.25) is 4.79 Å². The Morgan fingerprint density at radius 3 is 2.67 bits per heavy atom. The lowest BCUT2D eigenvalue weighted by Gasteiger charge is -2.22. The minimum absolute atomic E-state index is 0.247. The number of amides is 1. The SMILES string of the molecule is O=C(CC1CC2CCC1C2)NCC1(CCO)CC1. The molecular weight excluding hydrogens is 226 g/mol. The van der Waals surface area contributed by atoms with Gasteiger partial charge in [0.1, 0.15) is 0 Å². The van der Waals surface area contributed by atoms with Gasteiger partial charge in [-0.2, -0.15) is 0 Å². The molecule has 3 rings (SSSR count). The van der Waals surface area contributed by atoms with E-state index >= 15 is 0 Å². The van der Waals surface area contributed by atoms with Crippen molar-refractivity contribution in [3.05, 3.63) is 0 Å². The molecule has 3 aliphatic rings. The van der Waals surface area contributed by atoms with Gasteiger partial charge in [-0.15, -0.1) is 0 Å². The zero-order valence-electron chi connectivity index (χ0n) is 11.2. The van der Waals surface area contributed by atoms with Crippen molar-refractivity contribution >= 4 is 5.91 Å². The van der Waals surface area contributed by atoms with E-state index in [-0.39, 0.29) is 17.9 Å². The van der Waals surface area contributed by atoms with E-state index < -0.39 is 0 Å². The van der Waals surface area contributed by atoms with Gasteiger partial charge in [0.2, 0.25) is 5.91 Å². The quantitative estimate of drug-likeness (QED) is 0.759. The molecule has 2 N–H and O–H groups in total. The second-order valence-corrected chi connectivity index (χ2v) is 6.89. The zero-order valence-corrected chi connectivity index (χ0v) is 11.2. The van der Waals surface area contributed by atoms with Crippen LogP contribution in [0.25, 0.3) is 0 Å². The van der Waals surface area contributed by atoms with Crippen LogP contribution in [0.15, 0.2) is 0 Å². The van der Waals surface area contributed by atoms with Crippen molar-refractivity contribution < 1.29 is 9.90 Å². The molecule has 0 aromatic carbocycles. The summed E-state index contributed by atoms with van der Waals surface area (Å²) in [5, 5.41) is 12.1. The van der Waals surface area contributed by atoms with E-state index in [0.29, 0.717) is 5.92 Å². The fourth-order valence-electron chi connectivity index (χ4n) is 4.15. The monoisotopic (exact) mass is 251 g/mol. The molecule has 3 nitrogen and oxygen atoms in total. The van der Waals surface area contributed by atoms with E-state index in [4.69, 9.17) is 5.11 Å². The highest BCUT2D eigenvalue weighted by Gasteiger charge is 2.43. The normalized spacial score (nSPS) is 35.7. The lowest BCUT2D eigenvalue weighted by atomic mass is 9.86. The first-order valence-electron chi connectivity index (χ1n) is 7.58. The van der Waals surface area contributed by atoms with Crippen LogP contribution in [0, 0.1) is 23.2 Å². The second-order valence-electron chi connectivity index (χ2n) is 6.89. The molecule has 3 fully saturated rings. The van der Waals surface area contributed by atoms with Crippen LogP contribution < -0.4 is 5.32 Å². The average molecular weight is 251 g/mol. The Hall–Kier alpha value is -0.570. The summed E-state index contributed by atoms with van der Waals surface area (Å²) < 4.78 is 0. The average Bonchev–Trinajstić information content (AvgIpc) is 2.82. The number of nitrogens with one attached hydrogen (secondary N) is 1. The summed E-state index contributed by atoms with van der Waals surface area (Å²) in [5.41, 5.74) is 0.249. The van der Waals surface area contributed by atoms with Crippen molar-refractivity contribution in [2.24, 2.45) is 23.2 Å². The molecular formula is C15H25NO2. The van der Waals surface area contributed by atoms with Crippen LogP contribution in [0.5, 0.6) is 0 Å². The third-order valence-corrected chi connectivity index (χ3v) is 5.59.